The van der Waals surface area contributed by atoms with E-state index in [1.54, 1.807) is 23.6 Å². The van der Waals surface area contributed by atoms with Crippen LogP contribution >= 0.6 is 0 Å². The highest BCUT2D eigenvalue weighted by atomic mass is 19.1. The first-order valence-electron chi connectivity index (χ1n) is 7.82. The third kappa shape index (κ3) is 3.33. The fourth-order valence-electron chi connectivity index (χ4n) is 2.45. The molecule has 1 aliphatic rings. The van der Waals surface area contributed by atoms with Crippen LogP contribution in [0.1, 0.15) is 32.2 Å². The van der Waals surface area contributed by atoms with Crippen LogP contribution in [0.4, 0.5) is 4.39 Å². The Morgan fingerprint density at radius 1 is 1.35 bits per heavy atom. The second kappa shape index (κ2) is 6.36. The summed E-state index contributed by atoms with van der Waals surface area (Å²) in [6.45, 7) is 2.45. The lowest BCUT2D eigenvalue weighted by Gasteiger charge is -2.03. The minimum absolute atomic E-state index is 0.0570. The van der Waals surface area contributed by atoms with Crippen LogP contribution in [0.5, 0.6) is 0 Å². The van der Waals surface area contributed by atoms with Crippen LogP contribution in [0.15, 0.2) is 29.1 Å². The molecule has 1 aromatic carbocycles. The third-order valence-corrected chi connectivity index (χ3v) is 3.85. The van der Waals surface area contributed by atoms with Crippen LogP contribution in [-0.2, 0) is 11.3 Å². The largest absolute Gasteiger partial charge is 0.354 e. The summed E-state index contributed by atoms with van der Waals surface area (Å²) in [4.78, 5) is 23.8. The van der Waals surface area contributed by atoms with E-state index in [1.807, 2.05) is 0 Å². The zero-order valence-electron chi connectivity index (χ0n) is 13.0. The number of carbonyl (C=O) groups is 1. The minimum Gasteiger partial charge on any atom is -0.354 e. The van der Waals surface area contributed by atoms with E-state index in [4.69, 9.17) is 0 Å². The van der Waals surface area contributed by atoms with Gasteiger partial charge in [0.25, 0.3) is 0 Å². The molecule has 23 heavy (non-hydrogen) atoms. The first-order chi connectivity index (χ1) is 11.1. The summed E-state index contributed by atoms with van der Waals surface area (Å²) in [7, 11) is 0. The molecule has 0 aliphatic heterocycles. The van der Waals surface area contributed by atoms with Crippen LogP contribution in [-0.4, -0.2) is 26.8 Å². The zero-order chi connectivity index (χ0) is 16.4. The summed E-state index contributed by atoms with van der Waals surface area (Å²) >= 11 is 0. The Kier molecular flexibility index (Phi) is 4.27. The molecular weight excluding hydrogens is 299 g/mol. The number of aromatic nitrogens is 3. The maximum atomic E-state index is 13.1. The fraction of sp³-hybridized carbons (Fsp3) is 0.438. The molecule has 1 fully saturated rings. The highest BCUT2D eigenvalue weighted by Crippen LogP contribution is 2.36. The summed E-state index contributed by atoms with van der Waals surface area (Å²) in [5, 5.41) is 7.12. The molecule has 0 bridgehead atoms. The van der Waals surface area contributed by atoms with Crippen molar-refractivity contribution in [3.05, 3.63) is 40.6 Å². The topological polar surface area (TPSA) is 68.9 Å². The van der Waals surface area contributed by atoms with Gasteiger partial charge in [-0.25, -0.2) is 13.9 Å². The van der Waals surface area contributed by atoms with Crippen molar-refractivity contribution in [1.82, 2.24) is 19.7 Å². The lowest BCUT2D eigenvalue weighted by atomic mass is 10.2. The third-order valence-electron chi connectivity index (χ3n) is 3.85. The highest BCUT2D eigenvalue weighted by Gasteiger charge is 2.30. The normalized spacial score (nSPS) is 14.0. The maximum absolute atomic E-state index is 13.1. The van der Waals surface area contributed by atoms with E-state index in [0.29, 0.717) is 30.9 Å². The molecule has 0 spiro atoms. The van der Waals surface area contributed by atoms with Crippen molar-refractivity contribution in [2.24, 2.45) is 0 Å². The number of nitrogens with zero attached hydrogens (tertiary/aromatic N) is 3. The molecule has 0 atom stereocenters. The zero-order valence-corrected chi connectivity index (χ0v) is 13.0. The average Bonchev–Trinajstić information content (AvgIpc) is 3.33. The molecule has 2 aromatic rings. The van der Waals surface area contributed by atoms with Crippen LogP contribution in [0, 0.1) is 5.82 Å². The summed E-state index contributed by atoms with van der Waals surface area (Å²) in [5.41, 5.74) is 0.532. The number of amides is 1. The van der Waals surface area contributed by atoms with Gasteiger partial charge in [0.15, 0.2) is 5.82 Å². The number of nitrogens with one attached hydrogen (secondary N) is 1. The Labute approximate surface area is 132 Å². The van der Waals surface area contributed by atoms with Gasteiger partial charge in [-0.05, 0) is 37.1 Å². The standard InChI is InChI=1S/C16H19FN4O2/c1-2-14(22)18-9-10-20-16(23)21(13-7-8-13)15(19-20)11-3-5-12(17)6-4-11/h3-6,13H,2,7-10H2,1H3,(H,18,22). The molecule has 1 N–H and O–H groups in total. The van der Waals surface area contributed by atoms with Gasteiger partial charge in [0.2, 0.25) is 5.91 Å². The lowest BCUT2D eigenvalue weighted by Crippen LogP contribution is -2.31. The summed E-state index contributed by atoms with van der Waals surface area (Å²) in [6.07, 6.45) is 2.31. The van der Waals surface area contributed by atoms with Gasteiger partial charge in [-0.1, -0.05) is 6.92 Å². The van der Waals surface area contributed by atoms with E-state index < -0.39 is 0 Å². The van der Waals surface area contributed by atoms with E-state index in [0.717, 1.165) is 12.8 Å². The summed E-state index contributed by atoms with van der Waals surface area (Å²) in [5.74, 6) is 0.175. The number of carbonyl (C=O) groups excluding carboxylic acids is 1. The Morgan fingerprint density at radius 2 is 2.04 bits per heavy atom. The van der Waals surface area contributed by atoms with Crippen molar-refractivity contribution in [1.29, 1.82) is 0 Å². The van der Waals surface area contributed by atoms with Gasteiger partial charge in [0, 0.05) is 24.6 Å². The average molecular weight is 318 g/mol. The Morgan fingerprint density at radius 3 is 2.65 bits per heavy atom. The highest BCUT2D eigenvalue weighted by molar-refractivity contribution is 5.75. The molecule has 6 nitrogen and oxygen atoms in total. The molecule has 1 amide bonds. The second-order valence-electron chi connectivity index (χ2n) is 5.64. The molecule has 122 valence electrons. The van der Waals surface area contributed by atoms with Gasteiger partial charge >= 0.3 is 5.69 Å². The van der Waals surface area contributed by atoms with E-state index >= 15 is 0 Å². The Bertz CT molecular complexity index is 759. The van der Waals surface area contributed by atoms with Gasteiger partial charge in [-0.2, -0.15) is 0 Å². The van der Waals surface area contributed by atoms with Gasteiger partial charge in [-0.3, -0.25) is 9.36 Å². The molecule has 0 saturated heterocycles. The van der Waals surface area contributed by atoms with E-state index in [1.165, 1.54) is 16.8 Å². The van der Waals surface area contributed by atoms with Crippen LogP contribution < -0.4 is 11.0 Å². The number of hydrogen-bond donors (Lipinski definition) is 1. The monoisotopic (exact) mass is 318 g/mol. The van der Waals surface area contributed by atoms with Crippen molar-refractivity contribution in [3.8, 4) is 11.4 Å². The molecule has 1 aliphatic carbocycles. The van der Waals surface area contributed by atoms with Gasteiger partial charge < -0.3 is 5.32 Å². The molecule has 0 radical (unpaired) electrons. The first-order valence-corrected chi connectivity index (χ1v) is 7.82. The Balaban J connectivity index is 1.87. The van der Waals surface area contributed by atoms with Gasteiger partial charge in [0.05, 0.1) is 6.54 Å². The van der Waals surface area contributed by atoms with E-state index in [2.05, 4.69) is 10.4 Å². The molecular formula is C16H19FN4O2. The molecule has 3 rings (SSSR count). The van der Waals surface area contributed by atoms with Crippen molar-refractivity contribution in [2.75, 3.05) is 6.54 Å². The van der Waals surface area contributed by atoms with Gasteiger partial charge in [-0.15, -0.1) is 5.10 Å². The first kappa shape index (κ1) is 15.5. The predicted molar refractivity (Wildman–Crippen MR) is 83.5 cm³/mol. The quantitative estimate of drug-likeness (QED) is 0.881. The van der Waals surface area contributed by atoms with Crippen molar-refractivity contribution in [2.45, 2.75) is 38.8 Å². The molecule has 1 aromatic heterocycles. The predicted octanol–water partition coefficient (Wildman–Crippen LogP) is 1.71. The van der Waals surface area contributed by atoms with Gasteiger partial charge in [0.1, 0.15) is 5.82 Å². The number of hydrogen-bond acceptors (Lipinski definition) is 3. The lowest BCUT2D eigenvalue weighted by molar-refractivity contribution is -0.120. The van der Waals surface area contributed by atoms with Crippen LogP contribution in [0.25, 0.3) is 11.4 Å². The SMILES string of the molecule is CCC(=O)NCCn1nc(-c2ccc(F)cc2)n(C2CC2)c1=O. The maximum Gasteiger partial charge on any atom is 0.346 e. The Hall–Kier alpha value is -2.44. The minimum atomic E-state index is -0.323. The summed E-state index contributed by atoms with van der Waals surface area (Å²) < 4.78 is 16.1. The number of halogens is 1. The van der Waals surface area contributed by atoms with Crippen LogP contribution in [0.3, 0.4) is 0 Å². The molecule has 1 saturated carbocycles. The van der Waals surface area contributed by atoms with E-state index in [9.17, 15) is 14.0 Å². The summed E-state index contributed by atoms with van der Waals surface area (Å²) in [6, 6.07) is 6.13. The van der Waals surface area contributed by atoms with Crippen molar-refractivity contribution >= 4 is 5.91 Å². The molecule has 1 heterocycles. The molecule has 7 heteroatoms. The van der Waals surface area contributed by atoms with Crippen LogP contribution in [0.2, 0.25) is 0 Å². The number of rotatable bonds is 6. The van der Waals surface area contributed by atoms with Crippen molar-refractivity contribution < 1.29 is 9.18 Å². The van der Waals surface area contributed by atoms with Crippen molar-refractivity contribution in [3.63, 3.8) is 0 Å². The number of benzene rings is 1. The fourth-order valence-corrected chi connectivity index (χ4v) is 2.45. The van der Waals surface area contributed by atoms with E-state index in [-0.39, 0.29) is 23.5 Å². The smallest absolute Gasteiger partial charge is 0.346 e. The second-order valence-corrected chi connectivity index (χ2v) is 5.64. The molecule has 0 unspecified atom stereocenters.